The number of halogens is 2. The van der Waals surface area contributed by atoms with Crippen molar-refractivity contribution in [2.45, 2.75) is 0 Å². The van der Waals surface area contributed by atoms with Crippen molar-refractivity contribution in [1.29, 1.82) is 0 Å². The third-order valence-electron chi connectivity index (χ3n) is 2.27. The van der Waals surface area contributed by atoms with Crippen molar-refractivity contribution in [2.75, 3.05) is 5.73 Å². The standard InChI is InChI=1S/C12H9Br2N3O2/c13-6-1-2-9(8(14)3-6)19-10-5-17-11(15)4-7(10)12(16)18/h1-5H,(H2,15,17)(H2,16,18). The number of anilines is 1. The Morgan fingerprint density at radius 3 is 2.58 bits per heavy atom. The number of nitrogens with zero attached hydrogens (tertiary/aromatic N) is 1. The fourth-order valence-corrected chi connectivity index (χ4v) is 2.54. The van der Waals surface area contributed by atoms with Crippen LogP contribution in [0, 0.1) is 0 Å². The molecule has 4 N–H and O–H groups in total. The van der Waals surface area contributed by atoms with E-state index in [9.17, 15) is 4.79 Å². The number of hydrogen-bond donors (Lipinski definition) is 2. The zero-order valence-corrected chi connectivity index (χ0v) is 12.7. The van der Waals surface area contributed by atoms with Crippen LogP contribution in [0.3, 0.4) is 0 Å². The minimum Gasteiger partial charge on any atom is -0.454 e. The number of ether oxygens (including phenoxy) is 1. The van der Waals surface area contributed by atoms with Gasteiger partial charge in [-0.1, -0.05) is 15.9 Å². The molecule has 0 aliphatic carbocycles. The molecule has 0 saturated carbocycles. The van der Waals surface area contributed by atoms with Crippen molar-refractivity contribution < 1.29 is 9.53 Å². The molecule has 0 spiro atoms. The fraction of sp³-hybridized carbons (Fsp3) is 0. The summed E-state index contributed by atoms with van der Waals surface area (Å²) >= 11 is 6.70. The van der Waals surface area contributed by atoms with Gasteiger partial charge in [0.2, 0.25) is 0 Å². The van der Waals surface area contributed by atoms with Crippen LogP contribution < -0.4 is 16.2 Å². The molecule has 0 fully saturated rings. The zero-order chi connectivity index (χ0) is 14.0. The number of nitrogen functional groups attached to an aromatic ring is 1. The predicted octanol–water partition coefficient (Wildman–Crippen LogP) is 3.08. The Hall–Kier alpha value is -1.60. The van der Waals surface area contributed by atoms with Gasteiger partial charge >= 0.3 is 0 Å². The molecule has 2 rings (SSSR count). The van der Waals surface area contributed by atoms with Gasteiger partial charge in [0, 0.05) is 4.47 Å². The molecule has 0 atom stereocenters. The Morgan fingerprint density at radius 2 is 1.95 bits per heavy atom. The van der Waals surface area contributed by atoms with E-state index in [1.54, 1.807) is 6.07 Å². The van der Waals surface area contributed by atoms with Crippen LogP contribution >= 0.6 is 31.9 Å². The van der Waals surface area contributed by atoms with Gasteiger partial charge in [-0.05, 0) is 40.2 Å². The molecule has 1 heterocycles. The summed E-state index contributed by atoms with van der Waals surface area (Å²) in [6.07, 6.45) is 1.36. The summed E-state index contributed by atoms with van der Waals surface area (Å²) in [4.78, 5) is 15.2. The fourth-order valence-electron chi connectivity index (χ4n) is 1.41. The minimum atomic E-state index is -0.627. The Morgan fingerprint density at radius 1 is 1.21 bits per heavy atom. The van der Waals surface area contributed by atoms with Crippen LogP contribution in [0.1, 0.15) is 10.4 Å². The highest BCUT2D eigenvalue weighted by molar-refractivity contribution is 9.11. The average molecular weight is 387 g/mol. The number of pyridine rings is 1. The zero-order valence-electron chi connectivity index (χ0n) is 9.56. The van der Waals surface area contributed by atoms with Crippen LogP contribution in [0.4, 0.5) is 5.82 Å². The molecule has 19 heavy (non-hydrogen) atoms. The average Bonchev–Trinajstić information content (AvgIpc) is 2.34. The molecule has 5 nitrogen and oxygen atoms in total. The molecule has 0 aliphatic rings. The second-order valence-electron chi connectivity index (χ2n) is 3.65. The summed E-state index contributed by atoms with van der Waals surface area (Å²) in [5, 5.41) is 0. The Balaban J connectivity index is 2.40. The highest BCUT2D eigenvalue weighted by atomic mass is 79.9. The monoisotopic (exact) mass is 385 g/mol. The molecular formula is C12H9Br2N3O2. The molecule has 7 heteroatoms. The Bertz CT molecular complexity index is 647. The van der Waals surface area contributed by atoms with E-state index in [0.717, 1.165) is 8.95 Å². The SMILES string of the molecule is NC(=O)c1cc(N)ncc1Oc1ccc(Br)cc1Br. The van der Waals surface area contributed by atoms with E-state index in [1.807, 2.05) is 12.1 Å². The first-order chi connectivity index (χ1) is 8.97. The number of amides is 1. The minimum absolute atomic E-state index is 0.183. The van der Waals surface area contributed by atoms with Gasteiger partial charge in [0.25, 0.3) is 5.91 Å². The quantitative estimate of drug-likeness (QED) is 0.847. The van der Waals surface area contributed by atoms with Crippen molar-refractivity contribution in [2.24, 2.45) is 5.73 Å². The smallest absolute Gasteiger partial charge is 0.252 e. The highest BCUT2D eigenvalue weighted by Gasteiger charge is 2.13. The number of nitrogens with two attached hydrogens (primary N) is 2. The lowest BCUT2D eigenvalue weighted by atomic mass is 10.2. The van der Waals surface area contributed by atoms with Crippen LogP contribution in [0.2, 0.25) is 0 Å². The van der Waals surface area contributed by atoms with Crippen LogP contribution in [0.15, 0.2) is 39.4 Å². The second-order valence-corrected chi connectivity index (χ2v) is 5.42. The normalized spacial score (nSPS) is 10.2. The number of benzene rings is 1. The molecular weight excluding hydrogens is 378 g/mol. The topological polar surface area (TPSA) is 91.2 Å². The summed E-state index contributed by atoms with van der Waals surface area (Å²) in [5.74, 6) is 0.371. The molecule has 0 radical (unpaired) electrons. The van der Waals surface area contributed by atoms with Gasteiger partial charge in [-0.15, -0.1) is 0 Å². The number of primary amides is 1. The van der Waals surface area contributed by atoms with Gasteiger partial charge in [0.15, 0.2) is 5.75 Å². The van der Waals surface area contributed by atoms with Crippen LogP contribution in [0.5, 0.6) is 11.5 Å². The lowest BCUT2D eigenvalue weighted by Crippen LogP contribution is -2.13. The molecule has 1 aromatic heterocycles. The van der Waals surface area contributed by atoms with Crippen molar-refractivity contribution in [1.82, 2.24) is 4.98 Å². The van der Waals surface area contributed by atoms with Gasteiger partial charge in [-0.3, -0.25) is 4.79 Å². The van der Waals surface area contributed by atoms with E-state index in [4.69, 9.17) is 16.2 Å². The van der Waals surface area contributed by atoms with Crippen molar-refractivity contribution in [3.63, 3.8) is 0 Å². The van der Waals surface area contributed by atoms with Crippen molar-refractivity contribution in [3.8, 4) is 11.5 Å². The summed E-state index contributed by atoms with van der Waals surface area (Å²) < 4.78 is 7.26. The highest BCUT2D eigenvalue weighted by Crippen LogP contribution is 2.33. The van der Waals surface area contributed by atoms with Crippen LogP contribution in [-0.2, 0) is 0 Å². The molecule has 1 aromatic carbocycles. The molecule has 0 unspecified atom stereocenters. The van der Waals surface area contributed by atoms with Crippen LogP contribution in [0.25, 0.3) is 0 Å². The van der Waals surface area contributed by atoms with Crippen LogP contribution in [-0.4, -0.2) is 10.9 Å². The number of rotatable bonds is 3. The summed E-state index contributed by atoms with van der Waals surface area (Å²) in [7, 11) is 0. The van der Waals surface area contributed by atoms with Gasteiger partial charge in [0.1, 0.15) is 11.6 Å². The van der Waals surface area contributed by atoms with E-state index in [2.05, 4.69) is 36.8 Å². The summed E-state index contributed by atoms with van der Waals surface area (Å²) in [6, 6.07) is 6.76. The predicted molar refractivity (Wildman–Crippen MR) is 79.1 cm³/mol. The van der Waals surface area contributed by atoms with E-state index in [-0.39, 0.29) is 17.1 Å². The number of carbonyl (C=O) groups is 1. The van der Waals surface area contributed by atoms with E-state index < -0.39 is 5.91 Å². The lowest BCUT2D eigenvalue weighted by molar-refractivity contribution is 0.0998. The third kappa shape index (κ3) is 3.24. The maximum absolute atomic E-state index is 11.3. The molecule has 2 aromatic rings. The Kier molecular flexibility index (Phi) is 4.06. The van der Waals surface area contributed by atoms with E-state index in [1.165, 1.54) is 12.3 Å². The largest absolute Gasteiger partial charge is 0.454 e. The second kappa shape index (κ2) is 5.58. The Labute approximate surface area is 126 Å². The lowest BCUT2D eigenvalue weighted by Gasteiger charge is -2.10. The molecule has 1 amide bonds. The first-order valence-corrected chi connectivity index (χ1v) is 6.74. The van der Waals surface area contributed by atoms with Crippen molar-refractivity contribution >= 4 is 43.6 Å². The molecule has 0 saturated heterocycles. The number of aromatic nitrogens is 1. The molecule has 0 bridgehead atoms. The molecule has 0 aliphatic heterocycles. The van der Waals surface area contributed by atoms with Crippen molar-refractivity contribution in [3.05, 3.63) is 45.0 Å². The van der Waals surface area contributed by atoms with Gasteiger partial charge in [0.05, 0.1) is 16.2 Å². The number of carbonyl (C=O) groups excluding carboxylic acids is 1. The van der Waals surface area contributed by atoms with Gasteiger partial charge in [-0.25, -0.2) is 4.98 Å². The van der Waals surface area contributed by atoms with Gasteiger partial charge in [-0.2, -0.15) is 0 Å². The summed E-state index contributed by atoms with van der Waals surface area (Å²) in [6.45, 7) is 0. The third-order valence-corrected chi connectivity index (χ3v) is 3.38. The summed E-state index contributed by atoms with van der Waals surface area (Å²) in [5.41, 5.74) is 11.0. The first-order valence-electron chi connectivity index (χ1n) is 5.15. The molecule has 98 valence electrons. The first kappa shape index (κ1) is 13.8. The number of hydrogen-bond acceptors (Lipinski definition) is 4. The maximum Gasteiger partial charge on any atom is 0.252 e. The maximum atomic E-state index is 11.3. The van der Waals surface area contributed by atoms with Gasteiger partial charge < -0.3 is 16.2 Å². The van der Waals surface area contributed by atoms with E-state index >= 15 is 0 Å². The van der Waals surface area contributed by atoms with E-state index in [0.29, 0.717) is 5.75 Å².